The summed E-state index contributed by atoms with van der Waals surface area (Å²) in [6, 6.07) is 2.73. The molecule has 0 spiro atoms. The van der Waals surface area contributed by atoms with Crippen LogP contribution in [0.25, 0.3) is 0 Å². The summed E-state index contributed by atoms with van der Waals surface area (Å²) in [5.74, 6) is -2.00. The van der Waals surface area contributed by atoms with E-state index in [1.807, 2.05) is 22.8 Å². The monoisotopic (exact) mass is 530 g/mol. The average molecular weight is 531 g/mol. The lowest BCUT2D eigenvalue weighted by atomic mass is 9.98. The summed E-state index contributed by atoms with van der Waals surface area (Å²) in [5, 5.41) is 7.92. The van der Waals surface area contributed by atoms with Gasteiger partial charge in [-0.05, 0) is 0 Å². The standard InChI is InChI=1S/C17H19N7O9S2/c18-16-20-10(9-34-16)12(22-32-7-6-23-4-2-1-3-5-23)14(25)21-13-11(8-31-17(19)27)24(15(13)26)33-35(28,29)30/h1-5,9,11,13H,6-8H2,(H5-,18,19,20,21,25,27,28,29,30)/p+1/t11-,13+/m1/s1. The van der Waals surface area contributed by atoms with Gasteiger partial charge in [-0.2, -0.15) is 13.5 Å². The highest BCUT2D eigenvalue weighted by atomic mass is 32.3. The van der Waals surface area contributed by atoms with Crippen LogP contribution in [0.3, 0.4) is 0 Å². The molecule has 0 radical (unpaired) electrons. The van der Waals surface area contributed by atoms with Crippen molar-refractivity contribution < 1.29 is 45.8 Å². The molecule has 0 bridgehead atoms. The number of nitrogen functional groups attached to an aromatic ring is 1. The van der Waals surface area contributed by atoms with Crippen molar-refractivity contribution in [2.45, 2.75) is 18.6 Å². The summed E-state index contributed by atoms with van der Waals surface area (Å²) < 4.78 is 41.4. The number of nitrogens with two attached hydrogens (primary N) is 2. The van der Waals surface area contributed by atoms with Gasteiger partial charge in [0.1, 0.15) is 24.4 Å². The second-order valence-corrected chi connectivity index (χ2v) is 8.67. The molecule has 1 aliphatic heterocycles. The molecule has 1 saturated heterocycles. The van der Waals surface area contributed by atoms with Crippen LogP contribution in [0.2, 0.25) is 0 Å². The second-order valence-electron chi connectivity index (χ2n) is 6.77. The van der Waals surface area contributed by atoms with Crippen LogP contribution in [-0.2, 0) is 40.4 Å². The highest BCUT2D eigenvalue weighted by Gasteiger charge is 2.52. The van der Waals surface area contributed by atoms with E-state index < -0.39 is 47.0 Å². The van der Waals surface area contributed by atoms with Crippen molar-refractivity contribution in [2.24, 2.45) is 10.9 Å². The molecule has 2 atom stereocenters. The van der Waals surface area contributed by atoms with Crippen molar-refractivity contribution in [2.75, 3.05) is 18.9 Å². The van der Waals surface area contributed by atoms with Gasteiger partial charge in [0.15, 0.2) is 36.4 Å². The lowest BCUT2D eigenvalue weighted by molar-refractivity contribution is -0.698. The fourth-order valence-electron chi connectivity index (χ4n) is 2.85. The van der Waals surface area contributed by atoms with Crippen LogP contribution in [-0.4, -0.2) is 71.9 Å². The molecule has 2 aromatic rings. The minimum atomic E-state index is -5.08. The molecule has 2 aromatic heterocycles. The molecule has 0 saturated carbocycles. The Labute approximate surface area is 202 Å². The normalized spacial score (nSPS) is 18.0. The van der Waals surface area contributed by atoms with E-state index >= 15 is 0 Å². The predicted octanol–water partition coefficient (Wildman–Crippen LogP) is -2.04. The van der Waals surface area contributed by atoms with Crippen LogP contribution < -0.4 is 21.4 Å². The maximum Gasteiger partial charge on any atom is 0.418 e. The molecular weight excluding hydrogens is 510 g/mol. The maximum absolute atomic E-state index is 12.9. The molecule has 6 N–H and O–H groups in total. The number of carbonyl (C=O) groups is 3. The predicted molar refractivity (Wildman–Crippen MR) is 116 cm³/mol. The van der Waals surface area contributed by atoms with E-state index in [0.29, 0.717) is 6.54 Å². The minimum Gasteiger partial charge on any atom is -0.447 e. The first-order valence-electron chi connectivity index (χ1n) is 9.63. The minimum absolute atomic E-state index is 0.0557. The fourth-order valence-corrected chi connectivity index (χ4v) is 3.79. The van der Waals surface area contributed by atoms with Gasteiger partial charge >= 0.3 is 16.5 Å². The molecule has 0 unspecified atom stereocenters. The van der Waals surface area contributed by atoms with E-state index in [2.05, 4.69) is 24.5 Å². The number of aromatic nitrogens is 2. The van der Waals surface area contributed by atoms with Gasteiger partial charge in [0, 0.05) is 17.5 Å². The number of pyridine rings is 1. The van der Waals surface area contributed by atoms with Gasteiger partial charge in [-0.1, -0.05) is 11.2 Å². The number of rotatable bonds is 11. The zero-order valence-electron chi connectivity index (χ0n) is 17.7. The largest absolute Gasteiger partial charge is 0.447 e. The third-order valence-electron chi connectivity index (χ3n) is 4.38. The third-order valence-corrected chi connectivity index (χ3v) is 5.40. The molecule has 3 amide bonds. The highest BCUT2D eigenvalue weighted by Crippen LogP contribution is 2.23. The number of nitrogens with zero attached hydrogens (tertiary/aromatic N) is 4. The number of anilines is 1. The Balaban J connectivity index is 1.73. The van der Waals surface area contributed by atoms with E-state index in [1.54, 1.807) is 12.4 Å². The summed E-state index contributed by atoms with van der Waals surface area (Å²) >= 11 is 1.03. The van der Waals surface area contributed by atoms with Crippen LogP contribution in [0, 0.1) is 0 Å². The molecule has 1 fully saturated rings. The Morgan fingerprint density at radius 2 is 2.03 bits per heavy atom. The molecular formula is C17H20N7O9S2+. The Bertz CT molecular complexity index is 1220. The molecule has 188 valence electrons. The number of hydrogen-bond donors (Lipinski definition) is 4. The first-order valence-corrected chi connectivity index (χ1v) is 11.9. The van der Waals surface area contributed by atoms with Crippen molar-refractivity contribution >= 4 is 50.5 Å². The van der Waals surface area contributed by atoms with Gasteiger partial charge in [-0.25, -0.2) is 14.3 Å². The van der Waals surface area contributed by atoms with Crippen molar-refractivity contribution in [1.29, 1.82) is 0 Å². The van der Waals surface area contributed by atoms with Gasteiger partial charge in [0.05, 0.1) is 0 Å². The number of hydrogen-bond acceptors (Lipinski definition) is 12. The zero-order chi connectivity index (χ0) is 25.6. The molecule has 1 aliphatic rings. The smallest absolute Gasteiger partial charge is 0.418 e. The fraction of sp³-hybridized carbons (Fsp3) is 0.294. The highest BCUT2D eigenvalue weighted by molar-refractivity contribution is 7.80. The molecule has 18 heteroatoms. The average Bonchev–Trinajstić information content (AvgIpc) is 3.22. The number of amides is 3. The van der Waals surface area contributed by atoms with Crippen LogP contribution in [0.15, 0.2) is 41.1 Å². The number of oxime groups is 1. The quantitative estimate of drug-likeness (QED) is 0.0617. The van der Waals surface area contributed by atoms with E-state index in [0.717, 1.165) is 11.3 Å². The Morgan fingerprint density at radius 1 is 1.31 bits per heavy atom. The van der Waals surface area contributed by atoms with Gasteiger partial charge in [-0.3, -0.25) is 14.1 Å². The summed E-state index contributed by atoms with van der Waals surface area (Å²) in [5.41, 5.74) is 10.3. The van der Waals surface area contributed by atoms with Gasteiger partial charge in [0.25, 0.3) is 11.8 Å². The lowest BCUT2D eigenvalue weighted by Crippen LogP contribution is -2.72. The van der Waals surface area contributed by atoms with Crippen LogP contribution >= 0.6 is 11.3 Å². The SMILES string of the molecule is NC(=O)OC[C@@H]1[C@H](NC(=O)C(=NOCC[n+]2ccccc2)c2csc(N)n2)C(=O)N1OS(=O)(=O)O. The maximum atomic E-state index is 12.9. The third kappa shape index (κ3) is 7.06. The van der Waals surface area contributed by atoms with Crippen LogP contribution in [0.1, 0.15) is 5.69 Å². The molecule has 0 aromatic carbocycles. The number of β-lactam (4-membered cyclic amide) rings is 1. The Morgan fingerprint density at radius 3 is 2.63 bits per heavy atom. The van der Waals surface area contributed by atoms with Gasteiger partial charge in [-0.15, -0.1) is 15.6 Å². The number of primary amides is 1. The van der Waals surface area contributed by atoms with Crippen molar-refractivity contribution in [3.05, 3.63) is 41.7 Å². The summed E-state index contributed by atoms with van der Waals surface area (Å²) in [4.78, 5) is 45.4. The molecule has 3 heterocycles. The number of nitrogens with one attached hydrogen (secondary N) is 1. The van der Waals surface area contributed by atoms with E-state index in [-0.39, 0.29) is 28.2 Å². The van der Waals surface area contributed by atoms with Gasteiger partial charge < -0.3 is 26.4 Å². The Kier molecular flexibility index (Phi) is 8.12. The summed E-state index contributed by atoms with van der Waals surface area (Å²) in [6.45, 7) is -0.158. The second kappa shape index (κ2) is 11.0. The van der Waals surface area contributed by atoms with E-state index in [9.17, 15) is 22.8 Å². The molecule has 16 nitrogen and oxygen atoms in total. The molecule has 35 heavy (non-hydrogen) atoms. The molecule has 0 aliphatic carbocycles. The van der Waals surface area contributed by atoms with Crippen molar-refractivity contribution in [1.82, 2.24) is 15.4 Å². The number of ether oxygens (including phenoxy) is 1. The van der Waals surface area contributed by atoms with Crippen LogP contribution in [0.5, 0.6) is 0 Å². The van der Waals surface area contributed by atoms with E-state index in [4.69, 9.17) is 20.9 Å². The number of carbonyl (C=O) groups excluding carboxylic acids is 3. The topological polar surface area (TPSA) is 230 Å². The first-order chi connectivity index (χ1) is 16.5. The Hall–Kier alpha value is -3.87. The zero-order valence-corrected chi connectivity index (χ0v) is 19.3. The lowest BCUT2D eigenvalue weighted by Gasteiger charge is -2.43. The first kappa shape index (κ1) is 25.7. The van der Waals surface area contributed by atoms with Crippen molar-refractivity contribution in [3.63, 3.8) is 0 Å². The summed E-state index contributed by atoms with van der Waals surface area (Å²) in [7, 11) is -5.08. The van der Waals surface area contributed by atoms with E-state index in [1.165, 1.54) is 5.38 Å². The summed E-state index contributed by atoms with van der Waals surface area (Å²) in [6.07, 6.45) is 2.38. The number of hydroxylamine groups is 2. The van der Waals surface area contributed by atoms with Crippen molar-refractivity contribution in [3.8, 4) is 0 Å². The van der Waals surface area contributed by atoms with Crippen LogP contribution in [0.4, 0.5) is 9.93 Å². The number of thiazole rings is 1. The van der Waals surface area contributed by atoms with Gasteiger partial charge in [0.2, 0.25) is 0 Å². The molecule has 3 rings (SSSR count).